The fourth-order valence-corrected chi connectivity index (χ4v) is 4.47. The van der Waals surface area contributed by atoms with Crippen molar-refractivity contribution in [2.24, 2.45) is 5.92 Å². The molecule has 0 saturated carbocycles. The largest absolute Gasteiger partial charge is 0.508 e. The molecule has 0 bridgehead atoms. The summed E-state index contributed by atoms with van der Waals surface area (Å²) in [5.41, 5.74) is -1.24. The van der Waals surface area contributed by atoms with Crippen LogP contribution in [0, 0.1) is 5.92 Å². The predicted molar refractivity (Wildman–Crippen MR) is 108 cm³/mol. The van der Waals surface area contributed by atoms with Gasteiger partial charge in [0.05, 0.1) is 12.1 Å². The van der Waals surface area contributed by atoms with Gasteiger partial charge < -0.3 is 20.1 Å². The first kappa shape index (κ1) is 21.3. The molecule has 0 spiro atoms. The number of likely N-dealkylation sites (tertiary alicyclic amines) is 1. The molecule has 0 aliphatic carbocycles. The standard InChI is InChI=1S/C21H30ClFN2O3/c1-20(2)12-15(3-8-28-20)13-25-6-4-21(23,5-7-25)14-24-19(27)16-9-17(22)11-18(26)10-16/h9-11,15,26H,3-8,12-14H2,1-2H3,(H,24,27). The van der Waals surface area contributed by atoms with Crippen molar-refractivity contribution in [3.05, 3.63) is 28.8 Å². The summed E-state index contributed by atoms with van der Waals surface area (Å²) in [7, 11) is 0. The highest BCUT2D eigenvalue weighted by Crippen LogP contribution is 2.31. The van der Waals surface area contributed by atoms with Gasteiger partial charge in [-0.2, -0.15) is 0 Å². The summed E-state index contributed by atoms with van der Waals surface area (Å²) >= 11 is 5.86. The van der Waals surface area contributed by atoms with Gasteiger partial charge in [0.25, 0.3) is 5.91 Å². The van der Waals surface area contributed by atoms with E-state index in [1.54, 1.807) is 0 Å². The topological polar surface area (TPSA) is 61.8 Å². The van der Waals surface area contributed by atoms with Crippen molar-refractivity contribution in [2.45, 2.75) is 50.8 Å². The summed E-state index contributed by atoms with van der Waals surface area (Å²) in [6.07, 6.45) is 2.90. The number of amides is 1. The minimum atomic E-state index is -1.40. The molecule has 5 nitrogen and oxygen atoms in total. The van der Waals surface area contributed by atoms with Gasteiger partial charge in [-0.1, -0.05) is 11.6 Å². The van der Waals surface area contributed by atoms with Crippen LogP contribution >= 0.6 is 11.6 Å². The zero-order chi connectivity index (χ0) is 20.4. The third-order valence-corrected chi connectivity index (χ3v) is 6.00. The number of nitrogens with one attached hydrogen (secondary N) is 1. The van der Waals surface area contributed by atoms with Crippen molar-refractivity contribution in [2.75, 3.05) is 32.8 Å². The zero-order valence-corrected chi connectivity index (χ0v) is 17.4. The van der Waals surface area contributed by atoms with Gasteiger partial charge in [-0.15, -0.1) is 0 Å². The van der Waals surface area contributed by atoms with Crippen molar-refractivity contribution in [1.82, 2.24) is 10.2 Å². The highest BCUT2D eigenvalue weighted by atomic mass is 35.5. The molecule has 2 saturated heterocycles. The Morgan fingerprint density at radius 1 is 1.36 bits per heavy atom. The molecule has 1 aromatic carbocycles. The third kappa shape index (κ3) is 5.82. The summed E-state index contributed by atoms with van der Waals surface area (Å²) in [6, 6.07) is 4.13. The molecule has 7 heteroatoms. The number of piperidine rings is 1. The molecule has 1 aromatic rings. The molecule has 28 heavy (non-hydrogen) atoms. The van der Waals surface area contributed by atoms with E-state index >= 15 is 4.39 Å². The molecular weight excluding hydrogens is 383 g/mol. The van der Waals surface area contributed by atoms with Crippen LogP contribution in [-0.4, -0.2) is 60.0 Å². The maximum Gasteiger partial charge on any atom is 0.251 e. The van der Waals surface area contributed by atoms with Gasteiger partial charge in [0, 0.05) is 36.8 Å². The Labute approximate surface area is 171 Å². The molecule has 2 aliphatic rings. The molecule has 1 amide bonds. The number of hydrogen-bond acceptors (Lipinski definition) is 4. The number of hydrogen-bond donors (Lipinski definition) is 2. The summed E-state index contributed by atoms with van der Waals surface area (Å²) in [5.74, 6) is 0.0740. The molecule has 2 fully saturated rings. The lowest BCUT2D eigenvalue weighted by atomic mass is 9.86. The van der Waals surface area contributed by atoms with Crippen molar-refractivity contribution in [1.29, 1.82) is 0 Å². The van der Waals surface area contributed by atoms with Crippen LogP contribution in [0.15, 0.2) is 18.2 Å². The molecule has 156 valence electrons. The van der Waals surface area contributed by atoms with Crippen LogP contribution in [-0.2, 0) is 4.74 Å². The van der Waals surface area contributed by atoms with E-state index < -0.39 is 11.6 Å². The lowest BCUT2D eigenvalue weighted by molar-refractivity contribution is -0.0791. The van der Waals surface area contributed by atoms with Crippen molar-refractivity contribution < 1.29 is 19.0 Å². The smallest absolute Gasteiger partial charge is 0.251 e. The molecular formula is C21H30ClFN2O3. The molecule has 3 rings (SSSR count). The second-order valence-electron chi connectivity index (χ2n) is 8.80. The number of halogens is 2. The van der Waals surface area contributed by atoms with Crippen molar-refractivity contribution in [3.63, 3.8) is 0 Å². The Morgan fingerprint density at radius 3 is 2.71 bits per heavy atom. The van der Waals surface area contributed by atoms with E-state index in [1.807, 2.05) is 0 Å². The quantitative estimate of drug-likeness (QED) is 0.772. The molecule has 1 atom stereocenters. The predicted octanol–water partition coefficient (Wildman–Crippen LogP) is 3.78. The number of nitrogens with zero attached hydrogens (tertiary/aromatic N) is 1. The minimum absolute atomic E-state index is 0.0305. The number of alkyl halides is 1. The van der Waals surface area contributed by atoms with Crippen molar-refractivity contribution in [3.8, 4) is 5.75 Å². The van der Waals surface area contributed by atoms with E-state index in [-0.39, 0.29) is 28.5 Å². The number of phenolic OH excluding ortho intramolecular Hbond substituents is 1. The highest BCUT2D eigenvalue weighted by molar-refractivity contribution is 6.31. The average Bonchev–Trinajstić information content (AvgIpc) is 2.60. The van der Waals surface area contributed by atoms with Gasteiger partial charge in [-0.05, 0) is 63.6 Å². The van der Waals surface area contributed by atoms with Crippen LogP contribution in [0.2, 0.25) is 5.02 Å². The number of carbonyl (C=O) groups excluding carboxylic acids is 1. The third-order valence-electron chi connectivity index (χ3n) is 5.78. The summed E-state index contributed by atoms with van der Waals surface area (Å²) in [6.45, 7) is 7.40. The molecule has 1 unspecified atom stereocenters. The van der Waals surface area contributed by atoms with Gasteiger partial charge in [0.2, 0.25) is 0 Å². The molecule has 2 N–H and O–H groups in total. The Balaban J connectivity index is 1.46. The summed E-state index contributed by atoms with van der Waals surface area (Å²) in [5, 5.41) is 12.5. The van der Waals surface area contributed by atoms with Crippen LogP contribution in [0.25, 0.3) is 0 Å². The van der Waals surface area contributed by atoms with Crippen LogP contribution in [0.4, 0.5) is 4.39 Å². The fourth-order valence-electron chi connectivity index (χ4n) is 4.24. The van der Waals surface area contributed by atoms with E-state index in [0.29, 0.717) is 31.8 Å². The molecule has 0 aromatic heterocycles. The van der Waals surface area contributed by atoms with Gasteiger partial charge >= 0.3 is 0 Å². The first-order chi connectivity index (χ1) is 13.1. The van der Waals surface area contributed by atoms with Gasteiger partial charge in [0.1, 0.15) is 11.4 Å². The second-order valence-corrected chi connectivity index (χ2v) is 9.24. The average molecular weight is 413 g/mol. The number of rotatable bonds is 5. The molecule has 2 aliphatic heterocycles. The maximum absolute atomic E-state index is 15.1. The monoisotopic (exact) mass is 412 g/mol. The zero-order valence-electron chi connectivity index (χ0n) is 16.6. The normalized spacial score (nSPS) is 24.6. The van der Waals surface area contributed by atoms with Gasteiger partial charge in [-0.25, -0.2) is 4.39 Å². The summed E-state index contributed by atoms with van der Waals surface area (Å²) in [4.78, 5) is 14.6. The second kappa shape index (κ2) is 8.56. The number of carbonyl (C=O) groups is 1. The Hall–Kier alpha value is -1.37. The van der Waals surface area contributed by atoms with Crippen LogP contribution in [0.1, 0.15) is 49.9 Å². The molecule has 2 heterocycles. The van der Waals surface area contributed by atoms with Gasteiger partial charge in [0.15, 0.2) is 0 Å². The highest BCUT2D eigenvalue weighted by Gasteiger charge is 2.36. The number of phenols is 1. The van der Waals surface area contributed by atoms with E-state index in [0.717, 1.165) is 26.0 Å². The van der Waals surface area contributed by atoms with Gasteiger partial charge in [-0.3, -0.25) is 4.79 Å². The minimum Gasteiger partial charge on any atom is -0.508 e. The lowest BCUT2D eigenvalue weighted by Gasteiger charge is -2.41. The first-order valence-electron chi connectivity index (χ1n) is 9.97. The fraction of sp³-hybridized carbons (Fsp3) is 0.667. The Morgan fingerprint density at radius 2 is 2.07 bits per heavy atom. The van der Waals surface area contributed by atoms with E-state index in [2.05, 4.69) is 24.1 Å². The van der Waals surface area contributed by atoms with Crippen LogP contribution in [0.3, 0.4) is 0 Å². The maximum atomic E-state index is 15.1. The number of ether oxygens (including phenoxy) is 1. The lowest BCUT2D eigenvalue weighted by Crippen LogP contribution is -2.49. The van der Waals surface area contributed by atoms with Crippen LogP contribution in [0.5, 0.6) is 5.75 Å². The SMILES string of the molecule is CC1(C)CC(CN2CCC(F)(CNC(=O)c3cc(O)cc(Cl)c3)CC2)CCO1. The van der Waals surface area contributed by atoms with Crippen molar-refractivity contribution >= 4 is 17.5 Å². The van der Waals surface area contributed by atoms with E-state index in [4.69, 9.17) is 16.3 Å². The summed E-state index contributed by atoms with van der Waals surface area (Å²) < 4.78 is 20.9. The number of benzene rings is 1. The Kier molecular flexibility index (Phi) is 6.52. The number of aromatic hydroxyl groups is 1. The first-order valence-corrected chi connectivity index (χ1v) is 10.3. The van der Waals surface area contributed by atoms with E-state index in [1.165, 1.54) is 18.2 Å². The van der Waals surface area contributed by atoms with E-state index in [9.17, 15) is 9.90 Å². The Bertz CT molecular complexity index is 685. The van der Waals surface area contributed by atoms with Crippen LogP contribution < -0.4 is 5.32 Å². The molecule has 0 radical (unpaired) electrons.